The van der Waals surface area contributed by atoms with E-state index in [1.165, 1.54) is 11.1 Å². The Labute approximate surface area is 183 Å². The Morgan fingerprint density at radius 1 is 1.10 bits per heavy atom. The summed E-state index contributed by atoms with van der Waals surface area (Å²) >= 11 is -0.368. The fourth-order valence-corrected chi connectivity index (χ4v) is 4.34. The normalized spacial score (nSPS) is 15.6. The predicted octanol–water partition coefficient (Wildman–Crippen LogP) is 5.84. The van der Waals surface area contributed by atoms with Crippen LogP contribution in [0.2, 0.25) is 0 Å². The molecule has 1 aliphatic rings. The molecule has 1 N–H and O–H groups in total. The number of nitrogens with zero attached hydrogens (tertiary/aromatic N) is 1. The number of rotatable bonds is 8. The number of hydrogen-bond acceptors (Lipinski definition) is 3. The summed E-state index contributed by atoms with van der Waals surface area (Å²) < 4.78 is 12.4. The average Bonchev–Trinajstić information content (AvgIpc) is 2.73. The second-order valence-corrected chi connectivity index (χ2v) is 9.35. The van der Waals surface area contributed by atoms with Crippen molar-refractivity contribution in [2.45, 2.75) is 44.8 Å². The van der Waals surface area contributed by atoms with E-state index < -0.39 is 5.60 Å². The number of nitrogens with one attached hydrogen (secondary N) is 1. The molecule has 2 aromatic carbocycles. The van der Waals surface area contributed by atoms with E-state index in [9.17, 15) is 4.79 Å². The van der Waals surface area contributed by atoms with E-state index in [4.69, 9.17) is 4.74 Å². The van der Waals surface area contributed by atoms with Gasteiger partial charge < -0.3 is 10.1 Å². The van der Waals surface area contributed by atoms with Gasteiger partial charge in [0.2, 0.25) is 5.88 Å². The van der Waals surface area contributed by atoms with Crippen LogP contribution in [0.1, 0.15) is 37.8 Å². The van der Waals surface area contributed by atoms with Gasteiger partial charge in [-0.3, -0.25) is 4.79 Å². The van der Waals surface area contributed by atoms with E-state index in [2.05, 4.69) is 55.9 Å². The van der Waals surface area contributed by atoms with Gasteiger partial charge in [0.25, 0.3) is 5.91 Å². The van der Waals surface area contributed by atoms with Gasteiger partial charge in [-0.2, -0.15) is 3.15 Å². The molecule has 2 atom stereocenters. The zero-order valence-electron chi connectivity index (χ0n) is 17.0. The maximum Gasteiger partial charge on any atom is 0.263 e. The van der Waals surface area contributed by atoms with Crippen LogP contribution in [0.3, 0.4) is 0 Å². The van der Waals surface area contributed by atoms with E-state index in [1.54, 1.807) is 13.8 Å². The summed E-state index contributed by atoms with van der Waals surface area (Å²) in [6.07, 6.45) is 4.60. The lowest BCUT2D eigenvalue weighted by atomic mass is 9.86. The van der Waals surface area contributed by atoms with Crippen LogP contribution in [-0.2, 0) is 16.0 Å². The predicted molar refractivity (Wildman–Crippen MR) is 126 cm³/mol. The minimum Gasteiger partial charge on any atom is -0.461 e. The molecule has 0 saturated carbocycles. The first-order valence-corrected chi connectivity index (χ1v) is 12.0. The fourth-order valence-electron chi connectivity index (χ4n) is 3.25. The van der Waals surface area contributed by atoms with Crippen molar-refractivity contribution in [2.75, 3.05) is 0 Å². The summed E-state index contributed by atoms with van der Waals surface area (Å²) in [5, 5.41) is 3.19. The number of hydrogen-bond donors (Lipinski definition) is 1. The Morgan fingerprint density at radius 2 is 1.76 bits per heavy atom. The third kappa shape index (κ3) is 6.10. The molecule has 152 valence electrons. The van der Waals surface area contributed by atoms with Crippen LogP contribution in [0.25, 0.3) is 0 Å². The number of allylic oxidation sites excluding steroid dienone is 2. The number of carbonyl (C=O) groups is 1. The van der Waals surface area contributed by atoms with Crippen molar-refractivity contribution in [1.82, 2.24) is 5.32 Å². The highest BCUT2D eigenvalue weighted by Crippen LogP contribution is 2.27. The second kappa shape index (κ2) is 9.96. The van der Waals surface area contributed by atoms with Gasteiger partial charge in [0.05, 0.1) is 0 Å². The first kappa shape index (κ1) is 21.4. The van der Waals surface area contributed by atoms with Crippen molar-refractivity contribution in [3.8, 4) is 0 Å². The molecule has 1 aliphatic heterocycles. The first-order chi connectivity index (χ1) is 14.0. The van der Waals surface area contributed by atoms with E-state index in [0.29, 0.717) is 5.88 Å². The number of ether oxygens (including phenoxy) is 1. The third-order valence-electron chi connectivity index (χ3n) is 4.90. The summed E-state index contributed by atoms with van der Waals surface area (Å²) in [7, 11) is 0. The molecule has 2 unspecified atom stereocenters. The molecule has 0 aromatic heterocycles. The van der Waals surface area contributed by atoms with E-state index in [-0.39, 0.29) is 38.9 Å². The highest BCUT2D eigenvalue weighted by atomic mass is 127. The molecule has 0 saturated heterocycles. The molecule has 0 bridgehead atoms. The molecular formula is C24H27IN2O2. The van der Waals surface area contributed by atoms with Gasteiger partial charge in [-0.25, -0.2) is 0 Å². The van der Waals surface area contributed by atoms with Gasteiger partial charge in [-0.05, 0) is 48.5 Å². The van der Waals surface area contributed by atoms with Crippen molar-refractivity contribution in [1.29, 1.82) is 0 Å². The number of halogens is 1. The minimum atomic E-state index is -0.994. The van der Waals surface area contributed by atoms with Crippen molar-refractivity contribution in [2.24, 2.45) is 3.15 Å². The minimum absolute atomic E-state index is 0.0578. The van der Waals surface area contributed by atoms with Gasteiger partial charge in [0.1, 0.15) is 0 Å². The zero-order valence-corrected chi connectivity index (χ0v) is 19.2. The molecule has 1 heterocycles. The second-order valence-electron chi connectivity index (χ2n) is 7.59. The highest BCUT2D eigenvalue weighted by molar-refractivity contribution is 14.2. The van der Waals surface area contributed by atoms with Crippen LogP contribution < -0.4 is 5.32 Å². The average molecular weight is 502 g/mol. The molecule has 0 fully saturated rings. The van der Waals surface area contributed by atoms with Crippen LogP contribution in [0, 0.1) is 0 Å². The van der Waals surface area contributed by atoms with E-state index in [0.717, 1.165) is 6.42 Å². The topological polar surface area (TPSA) is 50.7 Å². The van der Waals surface area contributed by atoms with Gasteiger partial charge in [-0.15, -0.1) is 0 Å². The summed E-state index contributed by atoms with van der Waals surface area (Å²) in [6.45, 7) is 5.64. The molecule has 0 aliphatic carbocycles. The fraction of sp³-hybridized carbons (Fsp3) is 0.292. The lowest BCUT2D eigenvalue weighted by Crippen LogP contribution is -2.49. The molecule has 0 spiro atoms. The maximum absolute atomic E-state index is 13.0. The maximum atomic E-state index is 13.0. The highest BCUT2D eigenvalue weighted by Gasteiger charge is 2.33. The molecule has 5 heteroatoms. The molecule has 29 heavy (non-hydrogen) atoms. The van der Waals surface area contributed by atoms with Gasteiger partial charge >= 0.3 is 0 Å². The summed E-state index contributed by atoms with van der Waals surface area (Å²) in [4.78, 5) is 13.0. The number of amides is 1. The monoisotopic (exact) mass is 502 g/mol. The van der Waals surface area contributed by atoms with Crippen LogP contribution in [0.4, 0.5) is 0 Å². The molecule has 2 aromatic rings. The summed E-state index contributed by atoms with van der Waals surface area (Å²) in [6, 6.07) is 20.7. The Morgan fingerprint density at radius 3 is 2.38 bits per heavy atom. The van der Waals surface area contributed by atoms with E-state index >= 15 is 0 Å². The molecule has 3 rings (SSSR count). The van der Waals surface area contributed by atoms with Gasteiger partial charge in [0, 0.05) is 39.1 Å². The van der Waals surface area contributed by atoms with Crippen LogP contribution in [-0.4, -0.2) is 17.6 Å². The third-order valence-corrected chi connectivity index (χ3v) is 6.39. The van der Waals surface area contributed by atoms with Crippen LogP contribution in [0.5, 0.6) is 0 Å². The number of carbonyl (C=O) groups excluding carboxylic acids is 1. The quantitative estimate of drug-likeness (QED) is 0.462. The largest absolute Gasteiger partial charge is 0.461 e. The SMILES string of the molecule is CC(NC(=O)C(C)(C)OC1=CC=CI=N1)C(Cc1ccccc1)c1ccccc1. The van der Waals surface area contributed by atoms with Crippen LogP contribution in [0.15, 0.2) is 85.9 Å². The standard InChI is InChI=1S/C24H27IN2O2/c1-18(26-23(28)24(2,3)29-22-15-10-16-25-27-22)21(20-13-8-5-9-14-20)17-19-11-6-4-7-12-19/h4-16,18,21H,17H2,1-3H3,(H,26,28). The Hall–Kier alpha value is -2.28. The van der Waals surface area contributed by atoms with Gasteiger partial charge in [-0.1, -0.05) is 60.7 Å². The summed E-state index contributed by atoms with van der Waals surface area (Å²) in [5.41, 5.74) is 1.47. The smallest absolute Gasteiger partial charge is 0.263 e. The lowest BCUT2D eigenvalue weighted by Gasteiger charge is -2.31. The number of benzene rings is 2. The van der Waals surface area contributed by atoms with Crippen molar-refractivity contribution >= 4 is 26.9 Å². The molecule has 4 nitrogen and oxygen atoms in total. The van der Waals surface area contributed by atoms with Gasteiger partial charge in [0.15, 0.2) is 5.60 Å². The molecule has 0 radical (unpaired) electrons. The Balaban J connectivity index is 1.74. The van der Waals surface area contributed by atoms with E-state index in [1.807, 2.05) is 36.4 Å². The molecule has 1 amide bonds. The molecular weight excluding hydrogens is 475 g/mol. The lowest BCUT2D eigenvalue weighted by molar-refractivity contribution is -0.139. The van der Waals surface area contributed by atoms with Crippen molar-refractivity contribution < 1.29 is 9.53 Å². The Bertz CT molecular complexity index is 905. The summed E-state index contributed by atoms with van der Waals surface area (Å²) in [5.74, 6) is 0.561. The van der Waals surface area contributed by atoms with Crippen molar-refractivity contribution in [3.05, 3.63) is 93.9 Å². The zero-order chi connectivity index (χ0) is 20.7. The first-order valence-electron chi connectivity index (χ1n) is 9.75. The Kier molecular flexibility index (Phi) is 7.36. The van der Waals surface area contributed by atoms with Crippen molar-refractivity contribution in [3.63, 3.8) is 0 Å². The van der Waals surface area contributed by atoms with Crippen LogP contribution >= 0.6 is 21.0 Å².